The number of rotatable bonds is 8. The van der Waals surface area contributed by atoms with Crippen molar-refractivity contribution in [1.29, 1.82) is 0 Å². The number of benzene rings is 1. The van der Waals surface area contributed by atoms with Crippen molar-refractivity contribution in [2.24, 2.45) is 5.16 Å². The highest BCUT2D eigenvalue weighted by molar-refractivity contribution is 6.00. The molecule has 40 heavy (non-hydrogen) atoms. The van der Waals surface area contributed by atoms with Crippen LogP contribution in [0.15, 0.2) is 54.1 Å². The summed E-state index contributed by atoms with van der Waals surface area (Å²) in [5.74, 6) is -0.503. The van der Waals surface area contributed by atoms with Crippen LogP contribution in [-0.4, -0.2) is 75.6 Å². The summed E-state index contributed by atoms with van der Waals surface area (Å²) in [6.07, 6.45) is 5.95. The Balaban J connectivity index is 0.00000323. The van der Waals surface area contributed by atoms with E-state index in [1.165, 1.54) is 11.0 Å². The minimum Gasteiger partial charge on any atom is -0.442 e. The summed E-state index contributed by atoms with van der Waals surface area (Å²) in [5.41, 5.74) is 2.65. The first kappa shape index (κ1) is 27.5. The Bertz CT molecular complexity index is 1380. The summed E-state index contributed by atoms with van der Waals surface area (Å²) >= 11 is 0. The lowest BCUT2D eigenvalue weighted by atomic mass is 10.0. The predicted octanol–water partition coefficient (Wildman–Crippen LogP) is 2.29. The first-order chi connectivity index (χ1) is 19.0. The molecule has 210 valence electrons. The minimum absolute atomic E-state index is 0. The zero-order chi connectivity index (χ0) is 26.8. The van der Waals surface area contributed by atoms with Gasteiger partial charge < -0.3 is 20.2 Å². The maximum atomic E-state index is 15.1. The van der Waals surface area contributed by atoms with Gasteiger partial charge in [0, 0.05) is 29.9 Å². The van der Waals surface area contributed by atoms with E-state index in [2.05, 4.69) is 31.1 Å². The van der Waals surface area contributed by atoms with Crippen molar-refractivity contribution in [3.05, 3.63) is 60.4 Å². The predicted molar refractivity (Wildman–Crippen MR) is 145 cm³/mol. The number of nitrogens with one attached hydrogen (secondary N) is 2. The number of aromatic nitrogens is 4. The van der Waals surface area contributed by atoms with Crippen LogP contribution in [0.2, 0.25) is 0 Å². The smallest absolute Gasteiger partial charge is 0.414 e. The molecule has 0 bridgehead atoms. The number of amides is 2. The van der Waals surface area contributed by atoms with Crippen LogP contribution in [-0.2, 0) is 20.9 Å². The number of anilines is 1. The molecule has 2 saturated heterocycles. The molecule has 0 radical (unpaired) electrons. The molecule has 12 nitrogen and oxygen atoms in total. The standard InChI is InChI=1S/C26H27FN8O4.ClH/c27-21-10-17(35-15-19(38-26(35)37)14-34-9-8-31-33-34)4-5-20(21)16-3-6-22(29-12-16)24-11-18(39-32-24)13-30-25(36)23-2-1-7-28-23;/h3-6,8-10,12,18-19,23,28H,1-2,7,11,13-15H2,(H,30,36);1H/t18-,19-,23-;/m0./s1. The number of hydrogen-bond donors (Lipinski definition) is 2. The van der Waals surface area contributed by atoms with Gasteiger partial charge in [0.15, 0.2) is 6.10 Å². The third kappa shape index (κ3) is 5.89. The van der Waals surface area contributed by atoms with Gasteiger partial charge in [0.2, 0.25) is 5.91 Å². The van der Waals surface area contributed by atoms with Gasteiger partial charge in [-0.2, -0.15) is 0 Å². The van der Waals surface area contributed by atoms with Crippen LogP contribution in [0.5, 0.6) is 0 Å². The molecule has 0 spiro atoms. The number of ether oxygens (including phenoxy) is 1. The topological polar surface area (TPSA) is 136 Å². The molecule has 3 aliphatic rings. The second-order valence-corrected chi connectivity index (χ2v) is 9.70. The van der Waals surface area contributed by atoms with Crippen molar-refractivity contribution in [2.75, 3.05) is 24.5 Å². The van der Waals surface area contributed by atoms with E-state index in [1.54, 1.807) is 47.5 Å². The van der Waals surface area contributed by atoms with E-state index in [9.17, 15) is 9.59 Å². The van der Waals surface area contributed by atoms with Crippen LogP contribution < -0.4 is 15.5 Å². The van der Waals surface area contributed by atoms with E-state index in [-0.39, 0.29) is 37.0 Å². The average molecular weight is 571 g/mol. The van der Waals surface area contributed by atoms with Gasteiger partial charge in [-0.25, -0.2) is 13.9 Å². The Hall–Kier alpha value is -4.10. The second-order valence-electron chi connectivity index (χ2n) is 9.70. The lowest BCUT2D eigenvalue weighted by Gasteiger charge is -2.14. The van der Waals surface area contributed by atoms with Crippen molar-refractivity contribution in [3.8, 4) is 11.1 Å². The average Bonchev–Trinajstić information content (AvgIpc) is 3.76. The van der Waals surface area contributed by atoms with Crippen LogP contribution in [0, 0.1) is 5.82 Å². The number of carbonyl (C=O) groups is 2. The fourth-order valence-electron chi connectivity index (χ4n) is 4.93. The van der Waals surface area contributed by atoms with E-state index >= 15 is 4.39 Å². The van der Waals surface area contributed by atoms with E-state index < -0.39 is 18.0 Å². The Morgan fingerprint density at radius 1 is 1.23 bits per heavy atom. The van der Waals surface area contributed by atoms with E-state index in [4.69, 9.17) is 9.57 Å². The number of oxime groups is 1. The zero-order valence-electron chi connectivity index (χ0n) is 21.4. The molecule has 0 unspecified atom stereocenters. The molecular formula is C26H28ClFN8O4. The van der Waals surface area contributed by atoms with Gasteiger partial charge in [-0.3, -0.25) is 14.7 Å². The third-order valence-electron chi connectivity index (χ3n) is 6.98. The fourth-order valence-corrected chi connectivity index (χ4v) is 4.93. The SMILES string of the molecule is Cl.O=C(NC[C@@H]1CC(c2ccc(-c3ccc(N4C[C@H](Cn5ccnn5)OC4=O)cc3F)cn2)=NO1)[C@@H]1CCCN1. The highest BCUT2D eigenvalue weighted by atomic mass is 35.5. The van der Waals surface area contributed by atoms with Crippen molar-refractivity contribution < 1.29 is 23.6 Å². The number of cyclic esters (lactones) is 1. The Morgan fingerprint density at radius 2 is 2.12 bits per heavy atom. The van der Waals surface area contributed by atoms with E-state index in [0.29, 0.717) is 47.7 Å². The normalized spacial score (nSPS) is 21.9. The molecule has 14 heteroatoms. The Labute approximate surface area is 235 Å². The van der Waals surface area contributed by atoms with Gasteiger partial charge in [0.1, 0.15) is 17.6 Å². The van der Waals surface area contributed by atoms with Gasteiger partial charge in [-0.1, -0.05) is 16.4 Å². The van der Waals surface area contributed by atoms with Gasteiger partial charge in [-0.05, 0) is 43.7 Å². The maximum Gasteiger partial charge on any atom is 0.414 e. The van der Waals surface area contributed by atoms with E-state index in [1.807, 2.05) is 0 Å². The molecule has 2 N–H and O–H groups in total. The number of carbonyl (C=O) groups excluding carboxylic acids is 2. The fraction of sp³-hybridized carbons (Fsp3) is 0.385. The summed E-state index contributed by atoms with van der Waals surface area (Å²) in [4.78, 5) is 35.9. The molecule has 0 aliphatic carbocycles. The minimum atomic E-state index is -0.536. The molecule has 5 heterocycles. The van der Waals surface area contributed by atoms with Crippen molar-refractivity contribution in [1.82, 2.24) is 30.6 Å². The third-order valence-corrected chi connectivity index (χ3v) is 6.98. The lowest BCUT2D eigenvalue weighted by Crippen LogP contribution is -2.43. The van der Waals surface area contributed by atoms with Gasteiger partial charge in [0.05, 0.1) is 43.3 Å². The maximum absolute atomic E-state index is 15.1. The van der Waals surface area contributed by atoms with Crippen LogP contribution in [0.25, 0.3) is 11.1 Å². The van der Waals surface area contributed by atoms with Crippen LogP contribution in [0.4, 0.5) is 14.9 Å². The van der Waals surface area contributed by atoms with E-state index in [0.717, 1.165) is 19.4 Å². The molecule has 6 rings (SSSR count). The Kier molecular flexibility index (Phi) is 8.21. The quantitative estimate of drug-likeness (QED) is 0.421. The molecule has 2 fully saturated rings. The molecule has 0 saturated carbocycles. The summed E-state index contributed by atoms with van der Waals surface area (Å²) in [5, 5.41) is 17.8. The summed E-state index contributed by atoms with van der Waals surface area (Å²) in [6.45, 7) is 1.87. The summed E-state index contributed by atoms with van der Waals surface area (Å²) in [6, 6.07) is 8.01. The second kappa shape index (κ2) is 12.0. The number of halogens is 2. The molecule has 2 amide bonds. The zero-order valence-corrected chi connectivity index (χ0v) is 22.2. The largest absolute Gasteiger partial charge is 0.442 e. The molecule has 3 aromatic rings. The number of nitrogens with zero attached hydrogens (tertiary/aromatic N) is 6. The van der Waals surface area contributed by atoms with Crippen LogP contribution in [0.3, 0.4) is 0 Å². The number of hydrogen-bond acceptors (Lipinski definition) is 9. The monoisotopic (exact) mass is 570 g/mol. The number of pyridine rings is 1. The van der Waals surface area contributed by atoms with Gasteiger partial charge >= 0.3 is 6.09 Å². The van der Waals surface area contributed by atoms with Crippen molar-refractivity contribution >= 4 is 35.8 Å². The lowest BCUT2D eigenvalue weighted by molar-refractivity contribution is -0.123. The highest BCUT2D eigenvalue weighted by Crippen LogP contribution is 2.29. The van der Waals surface area contributed by atoms with Crippen molar-refractivity contribution in [3.63, 3.8) is 0 Å². The van der Waals surface area contributed by atoms with Crippen LogP contribution >= 0.6 is 12.4 Å². The Morgan fingerprint density at radius 3 is 2.85 bits per heavy atom. The molecule has 3 aliphatic heterocycles. The van der Waals surface area contributed by atoms with Gasteiger partial charge in [0.25, 0.3) is 0 Å². The molecule has 3 atom stereocenters. The first-order valence-electron chi connectivity index (χ1n) is 12.9. The molecule has 1 aromatic carbocycles. The van der Waals surface area contributed by atoms with Gasteiger partial charge in [-0.15, -0.1) is 17.5 Å². The highest BCUT2D eigenvalue weighted by Gasteiger charge is 2.33. The molecular weight excluding hydrogens is 543 g/mol. The van der Waals surface area contributed by atoms with Crippen molar-refractivity contribution in [2.45, 2.75) is 44.1 Å². The summed E-state index contributed by atoms with van der Waals surface area (Å²) in [7, 11) is 0. The van der Waals surface area contributed by atoms with Crippen LogP contribution in [0.1, 0.15) is 25.0 Å². The first-order valence-corrected chi connectivity index (χ1v) is 12.9. The summed E-state index contributed by atoms with van der Waals surface area (Å²) < 4.78 is 22.1. The molecule has 2 aromatic heterocycles.